The van der Waals surface area contributed by atoms with Crippen LogP contribution in [0.25, 0.3) is 0 Å². The van der Waals surface area contributed by atoms with E-state index in [-0.39, 0.29) is 17.8 Å². The second kappa shape index (κ2) is 19.2. The molecule has 0 aromatic carbocycles. The average Bonchev–Trinajstić information content (AvgIpc) is 0.811. The van der Waals surface area contributed by atoms with Gasteiger partial charge in [-0.15, -0.1) is 0 Å². The number of quaternary nitrogens is 1. The Bertz CT molecular complexity index is 33.2. The number of nitrogens with two attached hydrogens (primary N) is 1. The largest absolute Gasteiger partial charge is 0.530 e. The highest BCUT2D eigenvalue weighted by molar-refractivity contribution is 5.58. The smallest absolute Gasteiger partial charge is 0.131 e. The highest BCUT2D eigenvalue weighted by Crippen LogP contribution is 1.23. The summed E-state index contributed by atoms with van der Waals surface area (Å²) in [6.07, 6.45) is -1.58. The van der Waals surface area contributed by atoms with E-state index in [0.717, 1.165) is 0 Å². The van der Waals surface area contributed by atoms with Crippen LogP contribution in [0.1, 0.15) is 0 Å². The van der Waals surface area contributed by atoms with Crippen LogP contribution in [0.5, 0.6) is 0 Å². The number of amides is 1. The number of carbonyl (C=O) groups is 1. The van der Waals surface area contributed by atoms with Crippen LogP contribution in [0.3, 0.4) is 0 Å². The molecule has 0 saturated heterocycles. The van der Waals surface area contributed by atoms with Gasteiger partial charge in [-0.3, -0.25) is 0 Å². The second-order valence-electron chi connectivity index (χ2n) is 0.319. The molecule has 0 bridgehead atoms. The van der Waals surface area contributed by atoms with E-state index < -0.39 is 6.09 Å². The lowest BCUT2D eigenvalue weighted by atomic mass is 11.3. The summed E-state index contributed by atoms with van der Waals surface area (Å²) in [6, 6.07) is 0. The maximum absolute atomic E-state index is 8.67. The molecule has 0 aromatic heterocycles. The van der Waals surface area contributed by atoms with Crippen LogP contribution in [0.4, 0.5) is 4.79 Å². The molecule has 1 amide bonds. The fraction of sp³-hybridized carbons (Fsp3) is 0. The molecule has 6 nitrogen and oxygen atoms in total. The molecule has 0 aliphatic rings. The number of rotatable bonds is 0. The van der Waals surface area contributed by atoms with Crippen LogP contribution in [-0.4, -0.2) is 11.6 Å². The summed E-state index contributed by atoms with van der Waals surface area (Å²) >= 11 is 0. The van der Waals surface area contributed by atoms with Crippen LogP contribution < -0.4 is 23.1 Å². The fourth-order valence-corrected chi connectivity index (χ4v) is 0. The van der Waals surface area contributed by atoms with E-state index in [1.54, 1.807) is 0 Å². The molecule has 0 heterocycles. The van der Waals surface area contributed by atoms with Gasteiger partial charge in [0.15, 0.2) is 0 Å². The topological polar surface area (TPSA) is 169 Å². The van der Waals surface area contributed by atoms with Gasteiger partial charge in [0.25, 0.3) is 0 Å². The zero-order valence-electron chi connectivity index (χ0n) is 4.10. The van der Waals surface area contributed by atoms with Gasteiger partial charge < -0.3 is 33.4 Å². The molecule has 0 aliphatic carbocycles. The van der Waals surface area contributed by atoms with Crippen LogP contribution in [0.2, 0.25) is 0 Å². The first-order chi connectivity index (χ1) is 1.73. The van der Waals surface area contributed by atoms with E-state index in [1.807, 2.05) is 0 Å². The minimum Gasteiger partial charge on any atom is -0.530 e. The minimum atomic E-state index is -1.58. The molecule has 0 saturated carbocycles. The fourth-order valence-electron chi connectivity index (χ4n) is 0. The lowest BCUT2D eigenvalue weighted by Crippen LogP contribution is -2.29. The van der Waals surface area contributed by atoms with Gasteiger partial charge in [0.2, 0.25) is 0 Å². The second-order valence-corrected chi connectivity index (χ2v) is 0.319. The Morgan fingerprint density at radius 1 is 1.57 bits per heavy atom. The Labute approximate surface area is 40.8 Å². The summed E-state index contributed by atoms with van der Waals surface area (Å²) in [7, 11) is 0. The molecule has 6 heteroatoms. The standard InChI is InChI=1S/CH3NO2.2H3N.H2O/c2-1(3)4;;;/h2H2,(H,3,4);2*1H3;1H2. The summed E-state index contributed by atoms with van der Waals surface area (Å²) in [6.45, 7) is 0. The zero-order chi connectivity index (χ0) is 3.58. The number of carbonyl (C=O) groups excluding carboxylic acids is 1. The Kier molecular flexibility index (Phi) is 96.7. The van der Waals surface area contributed by atoms with Crippen LogP contribution in [0, 0.1) is 0 Å². The van der Waals surface area contributed by atoms with Crippen molar-refractivity contribution in [3.05, 3.63) is 0 Å². The highest BCUT2D eigenvalue weighted by Gasteiger charge is 1.44. The van der Waals surface area contributed by atoms with Crippen molar-refractivity contribution in [2.75, 3.05) is 0 Å². The van der Waals surface area contributed by atoms with Crippen molar-refractivity contribution in [1.82, 2.24) is 12.3 Å². The lowest BCUT2D eigenvalue weighted by Gasteiger charge is -1.78. The van der Waals surface area contributed by atoms with Gasteiger partial charge in [-0.25, -0.2) is 0 Å². The molecule has 0 fully saturated rings. The Morgan fingerprint density at radius 3 is 1.57 bits per heavy atom. The summed E-state index contributed by atoms with van der Waals surface area (Å²) in [5.41, 5.74) is 3.92. The van der Waals surface area contributed by atoms with Gasteiger partial charge in [0.05, 0.1) is 0 Å². The lowest BCUT2D eigenvalue weighted by molar-refractivity contribution is -0.245. The quantitative estimate of drug-likeness (QED) is 0.330. The molecule has 0 radical (unpaired) electrons. The van der Waals surface area contributed by atoms with Crippen molar-refractivity contribution in [3.8, 4) is 0 Å². The van der Waals surface area contributed by atoms with E-state index in [4.69, 9.17) is 9.90 Å². The molecular weight excluding hydrogens is 102 g/mol. The summed E-state index contributed by atoms with van der Waals surface area (Å²) in [5.74, 6) is 0. The summed E-state index contributed by atoms with van der Waals surface area (Å²) in [5, 5.41) is 8.67. The first kappa shape index (κ1) is 35.3. The van der Waals surface area contributed by atoms with Crippen LogP contribution in [-0.2, 0) is 0 Å². The molecular formula is CH11N3O3. The summed E-state index contributed by atoms with van der Waals surface area (Å²) < 4.78 is 0. The van der Waals surface area contributed by atoms with Crippen molar-refractivity contribution in [2.24, 2.45) is 5.73 Å². The normalized spacial score (nSPS) is 3.43. The molecule has 0 spiro atoms. The van der Waals surface area contributed by atoms with Crippen molar-refractivity contribution >= 4 is 6.09 Å². The van der Waals surface area contributed by atoms with Gasteiger partial charge in [0, 0.05) is 0 Å². The van der Waals surface area contributed by atoms with E-state index in [9.17, 15) is 0 Å². The van der Waals surface area contributed by atoms with Gasteiger partial charge in [0.1, 0.15) is 6.09 Å². The molecule has 0 atom stereocenters. The molecule has 48 valence electrons. The Morgan fingerprint density at radius 2 is 1.57 bits per heavy atom. The summed E-state index contributed by atoms with van der Waals surface area (Å²) in [4.78, 5) is 8.67. The first-order valence-corrected chi connectivity index (χ1v) is 0.697. The van der Waals surface area contributed by atoms with E-state index in [1.165, 1.54) is 0 Å². The van der Waals surface area contributed by atoms with Gasteiger partial charge in [-0.05, 0) is 0 Å². The van der Waals surface area contributed by atoms with Gasteiger partial charge in [-0.1, -0.05) is 0 Å². The van der Waals surface area contributed by atoms with Crippen molar-refractivity contribution < 1.29 is 15.4 Å². The van der Waals surface area contributed by atoms with E-state index >= 15 is 0 Å². The van der Waals surface area contributed by atoms with Gasteiger partial charge in [-0.2, -0.15) is 0 Å². The van der Waals surface area contributed by atoms with Crippen LogP contribution in [0.15, 0.2) is 0 Å². The van der Waals surface area contributed by atoms with E-state index in [2.05, 4.69) is 5.73 Å². The predicted octanol–water partition coefficient (Wildman–Crippen LogP) is -2.00. The first-order valence-electron chi connectivity index (χ1n) is 0.697. The molecule has 7 heavy (non-hydrogen) atoms. The molecule has 11 N–H and O–H groups in total. The average molecular weight is 113 g/mol. The van der Waals surface area contributed by atoms with Crippen molar-refractivity contribution in [2.45, 2.75) is 0 Å². The van der Waals surface area contributed by atoms with Crippen molar-refractivity contribution in [1.29, 1.82) is 0 Å². The minimum absolute atomic E-state index is 0. The molecule has 0 rings (SSSR count). The highest BCUT2D eigenvalue weighted by atomic mass is 16.4. The maximum atomic E-state index is 8.67. The van der Waals surface area contributed by atoms with Crippen molar-refractivity contribution in [3.63, 3.8) is 0 Å². The number of carboxylic acid groups (broad SMARTS) is 1. The third kappa shape index (κ3) is 70.7. The Balaban J connectivity index is -0.0000000150. The SMILES string of the molecule is N.NC(=O)[O-].O.[NH4+]. The monoisotopic (exact) mass is 113 g/mol. The van der Waals surface area contributed by atoms with Gasteiger partial charge >= 0.3 is 0 Å². The van der Waals surface area contributed by atoms with E-state index in [0.29, 0.717) is 0 Å². The molecule has 0 aromatic rings. The molecule has 0 unspecified atom stereocenters. The number of hydrogen-bond acceptors (Lipinski definition) is 3. The number of primary amides is 1. The number of hydrogen-bond donors (Lipinski definition) is 3. The third-order valence-electron chi connectivity index (χ3n) is 0. The predicted molar refractivity (Wildman–Crippen MR) is 24.2 cm³/mol. The maximum Gasteiger partial charge on any atom is 0.131 e. The Hall–Kier alpha value is -0.850. The van der Waals surface area contributed by atoms with Crippen LogP contribution >= 0.6 is 0 Å². The third-order valence-corrected chi connectivity index (χ3v) is 0. The zero-order valence-corrected chi connectivity index (χ0v) is 4.10. The molecule has 0 aliphatic heterocycles.